The molecule has 114 valence electrons. The molecule has 1 unspecified atom stereocenters. The molecule has 0 aliphatic carbocycles. The zero-order valence-electron chi connectivity index (χ0n) is 12.1. The van der Waals surface area contributed by atoms with Gasteiger partial charge in [0, 0.05) is 31.0 Å². The molecule has 3 N–H and O–H groups in total. The van der Waals surface area contributed by atoms with Crippen LogP contribution in [0.3, 0.4) is 0 Å². The molecule has 0 radical (unpaired) electrons. The molecular weight excluding hydrogens is 276 g/mol. The summed E-state index contributed by atoms with van der Waals surface area (Å²) in [5.74, 6) is 0. The monoisotopic (exact) mass is 300 g/mol. The van der Waals surface area contributed by atoms with Gasteiger partial charge >= 0.3 is 0 Å². The Hall–Kier alpha value is -0.890. The van der Waals surface area contributed by atoms with Crippen LogP contribution in [0.4, 0.5) is 0 Å². The molecule has 2 heterocycles. The topological polar surface area (TPSA) is 77.2 Å². The Morgan fingerprint density at radius 2 is 2.10 bits per heavy atom. The normalized spacial score (nSPS) is 18.5. The second kappa shape index (κ2) is 6.71. The molecule has 1 aliphatic rings. The van der Waals surface area contributed by atoms with E-state index in [9.17, 15) is 8.42 Å². The highest BCUT2D eigenvalue weighted by molar-refractivity contribution is 7.89. The molecule has 0 amide bonds. The number of hydrogen-bond donors (Lipinski definition) is 3. The van der Waals surface area contributed by atoms with E-state index >= 15 is 0 Å². The van der Waals surface area contributed by atoms with Gasteiger partial charge in [0.05, 0.1) is 4.90 Å². The summed E-state index contributed by atoms with van der Waals surface area (Å²) in [5, 5.41) is 2.98. The van der Waals surface area contributed by atoms with Gasteiger partial charge in [-0.05, 0) is 46.0 Å². The maximum Gasteiger partial charge on any atom is 0.242 e. The predicted molar refractivity (Wildman–Crippen MR) is 79.0 cm³/mol. The SMILES string of the molecule is CNCc1cc(S(=O)(=O)NC(C)CN2CCCC2)c[nH]1. The zero-order valence-corrected chi connectivity index (χ0v) is 13.0. The fourth-order valence-corrected chi connectivity index (χ4v) is 3.84. The van der Waals surface area contributed by atoms with E-state index in [2.05, 4.69) is 19.9 Å². The van der Waals surface area contributed by atoms with Crippen LogP contribution >= 0.6 is 0 Å². The van der Waals surface area contributed by atoms with Crippen molar-refractivity contribution in [3.63, 3.8) is 0 Å². The summed E-state index contributed by atoms with van der Waals surface area (Å²) in [6.07, 6.45) is 3.97. The first-order valence-corrected chi connectivity index (χ1v) is 8.56. The first kappa shape index (κ1) is 15.5. The Balaban J connectivity index is 1.94. The molecule has 0 saturated carbocycles. The highest BCUT2D eigenvalue weighted by atomic mass is 32.2. The molecule has 1 atom stereocenters. The zero-order chi connectivity index (χ0) is 14.6. The number of nitrogens with one attached hydrogen (secondary N) is 3. The van der Waals surface area contributed by atoms with Crippen LogP contribution in [0.15, 0.2) is 17.2 Å². The first-order valence-electron chi connectivity index (χ1n) is 7.08. The number of aromatic nitrogens is 1. The third-order valence-corrected chi connectivity index (χ3v) is 5.05. The lowest BCUT2D eigenvalue weighted by Crippen LogP contribution is -2.40. The van der Waals surface area contributed by atoms with Gasteiger partial charge in [-0.2, -0.15) is 0 Å². The molecular formula is C13H24N4O2S. The van der Waals surface area contributed by atoms with E-state index in [1.165, 1.54) is 19.0 Å². The van der Waals surface area contributed by atoms with E-state index in [0.29, 0.717) is 11.4 Å². The number of sulfonamides is 1. The Bertz CT molecular complexity index is 520. The minimum absolute atomic E-state index is 0.0826. The van der Waals surface area contributed by atoms with Crippen LogP contribution < -0.4 is 10.0 Å². The fourth-order valence-electron chi connectivity index (χ4n) is 2.59. The maximum absolute atomic E-state index is 12.3. The summed E-state index contributed by atoms with van der Waals surface area (Å²) in [6.45, 7) is 5.45. The van der Waals surface area contributed by atoms with Crippen molar-refractivity contribution < 1.29 is 8.42 Å². The third-order valence-electron chi connectivity index (χ3n) is 3.48. The second-order valence-corrected chi connectivity index (χ2v) is 7.13. The number of hydrogen-bond acceptors (Lipinski definition) is 4. The summed E-state index contributed by atoms with van der Waals surface area (Å²) in [6, 6.07) is 1.59. The Labute approximate surface area is 121 Å². The molecule has 2 rings (SSSR count). The lowest BCUT2D eigenvalue weighted by molar-refractivity contribution is 0.313. The highest BCUT2D eigenvalue weighted by Crippen LogP contribution is 2.12. The Kier molecular flexibility index (Phi) is 5.20. The van der Waals surface area contributed by atoms with Gasteiger partial charge in [-0.1, -0.05) is 0 Å². The van der Waals surface area contributed by atoms with Gasteiger partial charge in [-0.15, -0.1) is 0 Å². The van der Waals surface area contributed by atoms with Gasteiger partial charge in [0.1, 0.15) is 0 Å². The van der Waals surface area contributed by atoms with E-state index in [4.69, 9.17) is 0 Å². The molecule has 20 heavy (non-hydrogen) atoms. The third kappa shape index (κ3) is 4.05. The standard InChI is InChI=1S/C13H24N4O2S/c1-11(10-17-5-3-4-6-17)16-20(18,19)13-7-12(8-14-2)15-9-13/h7,9,11,14-16H,3-6,8,10H2,1-2H3. The number of rotatable bonds is 7. The molecule has 0 bridgehead atoms. The number of aromatic amines is 1. The van der Waals surface area contributed by atoms with Crippen molar-refractivity contribution in [1.82, 2.24) is 19.9 Å². The molecule has 1 aliphatic heterocycles. The lowest BCUT2D eigenvalue weighted by Gasteiger charge is -2.20. The minimum Gasteiger partial charge on any atom is -0.363 e. The van der Waals surface area contributed by atoms with Gasteiger partial charge in [0.15, 0.2) is 0 Å². The maximum atomic E-state index is 12.3. The van der Waals surface area contributed by atoms with Crippen molar-refractivity contribution in [3.05, 3.63) is 18.0 Å². The van der Waals surface area contributed by atoms with Crippen LogP contribution in [0.1, 0.15) is 25.5 Å². The highest BCUT2D eigenvalue weighted by Gasteiger charge is 2.21. The van der Waals surface area contributed by atoms with Crippen LogP contribution in [0.25, 0.3) is 0 Å². The molecule has 1 saturated heterocycles. The summed E-state index contributed by atoms with van der Waals surface area (Å²) in [7, 11) is -1.61. The second-order valence-electron chi connectivity index (χ2n) is 5.42. The summed E-state index contributed by atoms with van der Waals surface area (Å²) in [4.78, 5) is 5.57. The first-order chi connectivity index (χ1) is 9.51. The van der Waals surface area contributed by atoms with Crippen molar-refractivity contribution in [1.29, 1.82) is 0 Å². The fraction of sp³-hybridized carbons (Fsp3) is 0.692. The lowest BCUT2D eigenvalue weighted by atomic mass is 10.3. The van der Waals surface area contributed by atoms with Crippen LogP contribution in [-0.2, 0) is 16.6 Å². The van der Waals surface area contributed by atoms with E-state index < -0.39 is 10.0 Å². The average Bonchev–Trinajstić information content (AvgIpc) is 3.00. The molecule has 1 fully saturated rings. The van der Waals surface area contributed by atoms with Crippen molar-refractivity contribution in [2.75, 3.05) is 26.7 Å². The van der Waals surface area contributed by atoms with Gasteiger partial charge in [0.2, 0.25) is 10.0 Å². The minimum atomic E-state index is -3.43. The van der Waals surface area contributed by atoms with E-state index in [1.54, 1.807) is 6.07 Å². The Morgan fingerprint density at radius 3 is 2.75 bits per heavy atom. The van der Waals surface area contributed by atoms with Gasteiger partial charge in [-0.25, -0.2) is 13.1 Å². The van der Waals surface area contributed by atoms with Crippen LogP contribution in [0.2, 0.25) is 0 Å². The van der Waals surface area contributed by atoms with E-state index in [0.717, 1.165) is 25.3 Å². The number of H-pyrrole nitrogens is 1. The van der Waals surface area contributed by atoms with Crippen LogP contribution in [-0.4, -0.2) is 51.0 Å². The number of likely N-dealkylation sites (tertiary alicyclic amines) is 1. The van der Waals surface area contributed by atoms with Crippen molar-refractivity contribution in [2.24, 2.45) is 0 Å². The van der Waals surface area contributed by atoms with Crippen molar-refractivity contribution >= 4 is 10.0 Å². The molecule has 0 aromatic carbocycles. The molecule has 1 aromatic rings. The predicted octanol–water partition coefficient (Wildman–Crippen LogP) is 0.497. The van der Waals surface area contributed by atoms with Crippen LogP contribution in [0, 0.1) is 0 Å². The van der Waals surface area contributed by atoms with Gasteiger partial charge < -0.3 is 15.2 Å². The van der Waals surface area contributed by atoms with Gasteiger partial charge in [0.25, 0.3) is 0 Å². The largest absolute Gasteiger partial charge is 0.363 e. The smallest absolute Gasteiger partial charge is 0.242 e. The number of nitrogens with zero attached hydrogens (tertiary/aromatic N) is 1. The summed E-state index contributed by atoms with van der Waals surface area (Å²) < 4.78 is 27.3. The molecule has 0 spiro atoms. The van der Waals surface area contributed by atoms with E-state index in [-0.39, 0.29) is 6.04 Å². The van der Waals surface area contributed by atoms with Gasteiger partial charge in [-0.3, -0.25) is 0 Å². The quantitative estimate of drug-likeness (QED) is 0.685. The molecule has 1 aromatic heterocycles. The van der Waals surface area contributed by atoms with Crippen molar-refractivity contribution in [2.45, 2.75) is 37.2 Å². The van der Waals surface area contributed by atoms with Crippen LogP contribution in [0.5, 0.6) is 0 Å². The summed E-state index contributed by atoms with van der Waals surface area (Å²) in [5.41, 5.74) is 0.861. The molecule has 7 heteroatoms. The van der Waals surface area contributed by atoms with E-state index in [1.807, 2.05) is 14.0 Å². The van der Waals surface area contributed by atoms with Crippen molar-refractivity contribution in [3.8, 4) is 0 Å². The molecule has 6 nitrogen and oxygen atoms in total. The summed E-state index contributed by atoms with van der Waals surface area (Å²) >= 11 is 0. The Morgan fingerprint density at radius 1 is 1.40 bits per heavy atom. The average molecular weight is 300 g/mol.